The molecule has 4 N–H and O–H groups in total. The number of amides is 1. The molecule has 1 aromatic heterocycles. The average molecular weight is 485 g/mol. The molecule has 13 heteroatoms. The molecule has 1 amide bonds. The zero-order valence-electron chi connectivity index (χ0n) is 17.7. The highest BCUT2D eigenvalue weighted by Gasteiger charge is 2.38. The van der Waals surface area contributed by atoms with Crippen molar-refractivity contribution < 1.29 is 26.4 Å². The first-order valence-electron chi connectivity index (χ1n) is 10.3. The Kier molecular flexibility index (Phi) is 6.18. The molecule has 178 valence electrons. The van der Waals surface area contributed by atoms with Gasteiger partial charge in [0.2, 0.25) is 11.9 Å². The van der Waals surface area contributed by atoms with Gasteiger partial charge in [0.15, 0.2) is 9.84 Å². The van der Waals surface area contributed by atoms with Crippen molar-refractivity contribution >= 4 is 38.9 Å². The van der Waals surface area contributed by atoms with E-state index >= 15 is 0 Å². The van der Waals surface area contributed by atoms with E-state index < -0.39 is 38.7 Å². The minimum absolute atomic E-state index is 0.149. The van der Waals surface area contributed by atoms with Crippen LogP contribution in [0.4, 0.5) is 36.3 Å². The van der Waals surface area contributed by atoms with Gasteiger partial charge in [-0.2, -0.15) is 18.2 Å². The number of hydrogen-bond donors (Lipinski definition) is 4. The van der Waals surface area contributed by atoms with Crippen LogP contribution in [0.15, 0.2) is 24.4 Å². The normalized spacial score (nSPS) is 19.5. The van der Waals surface area contributed by atoms with E-state index in [0.29, 0.717) is 30.5 Å². The third-order valence-corrected chi connectivity index (χ3v) is 7.01. The number of carbonyl (C=O) groups is 1. The lowest BCUT2D eigenvalue weighted by Crippen LogP contribution is -2.44. The summed E-state index contributed by atoms with van der Waals surface area (Å²) in [4.78, 5) is 19.3. The largest absolute Gasteiger partial charge is 0.421 e. The van der Waals surface area contributed by atoms with Gasteiger partial charge in [0.1, 0.15) is 16.8 Å². The Morgan fingerprint density at radius 1 is 1.27 bits per heavy atom. The van der Waals surface area contributed by atoms with E-state index in [1.807, 2.05) is 0 Å². The molecule has 0 radical (unpaired) electrons. The van der Waals surface area contributed by atoms with Crippen LogP contribution in [0.1, 0.15) is 24.0 Å². The van der Waals surface area contributed by atoms with Crippen molar-refractivity contribution in [3.63, 3.8) is 0 Å². The number of hydrogen-bond acceptors (Lipinski definition) is 8. The van der Waals surface area contributed by atoms with E-state index in [0.717, 1.165) is 24.8 Å². The molecule has 0 saturated carbocycles. The second-order valence-corrected chi connectivity index (χ2v) is 10.3. The highest BCUT2D eigenvalue weighted by atomic mass is 32.2. The maximum Gasteiger partial charge on any atom is 0.421 e. The van der Waals surface area contributed by atoms with Gasteiger partial charge in [-0.05, 0) is 37.1 Å². The van der Waals surface area contributed by atoms with Crippen molar-refractivity contribution in [3.8, 4) is 0 Å². The fourth-order valence-electron chi connectivity index (χ4n) is 4.03. The molecule has 2 unspecified atom stereocenters. The minimum atomic E-state index is -4.79. The van der Waals surface area contributed by atoms with E-state index in [9.17, 15) is 26.4 Å². The number of aromatic nitrogens is 2. The van der Waals surface area contributed by atoms with Gasteiger partial charge in [-0.1, -0.05) is 6.07 Å². The Morgan fingerprint density at radius 2 is 2.06 bits per heavy atom. The Hall–Kier alpha value is -2.93. The molecular formula is C20H23F3N6O3S. The molecular weight excluding hydrogens is 461 g/mol. The standard InChI is InChI=1S/C20H23F3N6O3S/c1-33(31,32)18(12-3-2-6-24-9-12)28-17-14(20(21,22)23)10-25-19(29-17)26-13-5-4-11-7-16(30)27-15(11)8-13/h4-5,8,10,12,18,24H,2-3,6-7,9H2,1H3,(H,27,30)(H2,25,26,28,29). The summed E-state index contributed by atoms with van der Waals surface area (Å²) < 4.78 is 65.8. The summed E-state index contributed by atoms with van der Waals surface area (Å²) in [5.41, 5.74) is 0.694. The lowest BCUT2D eigenvalue weighted by Gasteiger charge is -2.31. The molecule has 33 heavy (non-hydrogen) atoms. The highest BCUT2D eigenvalue weighted by Crippen LogP contribution is 2.36. The molecule has 9 nitrogen and oxygen atoms in total. The number of rotatable bonds is 6. The van der Waals surface area contributed by atoms with Crippen LogP contribution in [-0.2, 0) is 27.2 Å². The number of carbonyl (C=O) groups excluding carboxylic acids is 1. The molecule has 1 saturated heterocycles. The summed E-state index contributed by atoms with van der Waals surface area (Å²) in [6.45, 7) is 1.09. The number of piperidine rings is 1. The van der Waals surface area contributed by atoms with Crippen molar-refractivity contribution in [1.82, 2.24) is 15.3 Å². The Morgan fingerprint density at radius 3 is 2.73 bits per heavy atom. The van der Waals surface area contributed by atoms with Gasteiger partial charge < -0.3 is 21.3 Å². The molecule has 0 bridgehead atoms. The molecule has 2 aliphatic rings. The second-order valence-electron chi connectivity index (χ2n) is 8.18. The van der Waals surface area contributed by atoms with Crippen LogP contribution < -0.4 is 21.3 Å². The van der Waals surface area contributed by atoms with Crippen LogP contribution in [0.2, 0.25) is 0 Å². The number of fused-ring (bicyclic) bond motifs is 1. The SMILES string of the molecule is CS(=O)(=O)C(Nc1nc(Nc2ccc3c(c2)NC(=O)C3)ncc1C(F)(F)F)C1CCCNC1. The molecule has 2 aliphatic heterocycles. The maximum atomic E-state index is 13.6. The summed E-state index contributed by atoms with van der Waals surface area (Å²) in [6.07, 6.45) is -1.65. The first kappa shape index (κ1) is 23.2. The fraction of sp³-hybridized carbons (Fsp3) is 0.450. The first-order chi connectivity index (χ1) is 15.5. The maximum absolute atomic E-state index is 13.6. The third-order valence-electron chi connectivity index (χ3n) is 5.59. The molecule has 4 rings (SSSR count). The van der Waals surface area contributed by atoms with E-state index in [1.54, 1.807) is 18.2 Å². The Labute approximate surface area is 188 Å². The van der Waals surface area contributed by atoms with Crippen molar-refractivity contribution in [2.24, 2.45) is 5.92 Å². The number of alkyl halides is 3. The summed E-state index contributed by atoms with van der Waals surface area (Å²) in [7, 11) is -3.75. The Balaban J connectivity index is 1.65. The van der Waals surface area contributed by atoms with Crippen LogP contribution in [0.3, 0.4) is 0 Å². The number of nitrogens with one attached hydrogen (secondary N) is 4. The lowest BCUT2D eigenvalue weighted by atomic mass is 9.99. The molecule has 2 aromatic rings. The predicted octanol–water partition coefficient (Wildman–Crippen LogP) is 2.52. The monoisotopic (exact) mass is 484 g/mol. The number of nitrogens with zero attached hydrogens (tertiary/aromatic N) is 2. The van der Waals surface area contributed by atoms with Gasteiger partial charge in [-0.3, -0.25) is 4.79 Å². The second kappa shape index (κ2) is 8.78. The van der Waals surface area contributed by atoms with Crippen LogP contribution in [0.5, 0.6) is 0 Å². The van der Waals surface area contributed by atoms with Crippen molar-refractivity contribution in [3.05, 3.63) is 35.5 Å². The predicted molar refractivity (Wildman–Crippen MR) is 117 cm³/mol. The van der Waals surface area contributed by atoms with Gasteiger partial charge in [-0.15, -0.1) is 0 Å². The summed E-state index contributed by atoms with van der Waals surface area (Å²) in [6, 6.07) is 5.00. The molecule has 3 heterocycles. The van der Waals surface area contributed by atoms with Crippen LogP contribution in [0, 0.1) is 5.92 Å². The zero-order valence-corrected chi connectivity index (χ0v) is 18.5. The summed E-state index contributed by atoms with van der Waals surface area (Å²) in [5, 5.41) is 9.89. The molecule has 1 aromatic carbocycles. The van der Waals surface area contributed by atoms with Gasteiger partial charge in [0.25, 0.3) is 0 Å². The highest BCUT2D eigenvalue weighted by molar-refractivity contribution is 7.91. The van der Waals surface area contributed by atoms with Crippen molar-refractivity contribution in [1.29, 1.82) is 0 Å². The number of benzene rings is 1. The smallest absolute Gasteiger partial charge is 0.353 e. The minimum Gasteiger partial charge on any atom is -0.353 e. The van der Waals surface area contributed by atoms with E-state index in [2.05, 4.69) is 31.2 Å². The van der Waals surface area contributed by atoms with Crippen molar-refractivity contribution in [2.45, 2.75) is 30.8 Å². The van der Waals surface area contributed by atoms with Gasteiger partial charge >= 0.3 is 6.18 Å². The zero-order chi connectivity index (χ0) is 23.8. The van der Waals surface area contributed by atoms with Gasteiger partial charge in [0, 0.05) is 36.3 Å². The van der Waals surface area contributed by atoms with E-state index in [1.165, 1.54) is 0 Å². The molecule has 2 atom stereocenters. The van der Waals surface area contributed by atoms with Crippen molar-refractivity contribution in [2.75, 3.05) is 35.3 Å². The van der Waals surface area contributed by atoms with Gasteiger partial charge in [-0.25, -0.2) is 13.4 Å². The molecule has 0 spiro atoms. The number of anilines is 4. The van der Waals surface area contributed by atoms with E-state index in [-0.39, 0.29) is 18.3 Å². The fourth-order valence-corrected chi connectivity index (χ4v) is 5.28. The lowest BCUT2D eigenvalue weighted by molar-refractivity contribution is -0.137. The van der Waals surface area contributed by atoms with Crippen LogP contribution >= 0.6 is 0 Å². The quantitative estimate of drug-likeness (QED) is 0.493. The first-order valence-corrected chi connectivity index (χ1v) is 12.3. The summed E-state index contributed by atoms with van der Waals surface area (Å²) >= 11 is 0. The summed E-state index contributed by atoms with van der Waals surface area (Å²) in [5.74, 6) is -1.33. The Bertz CT molecular complexity index is 1170. The number of halogens is 3. The topological polar surface area (TPSA) is 125 Å². The van der Waals surface area contributed by atoms with Gasteiger partial charge in [0.05, 0.1) is 6.42 Å². The van der Waals surface area contributed by atoms with E-state index in [4.69, 9.17) is 0 Å². The molecule has 1 fully saturated rings. The average Bonchev–Trinajstić information content (AvgIpc) is 3.10. The number of sulfone groups is 1. The third kappa shape index (κ3) is 5.36. The van der Waals surface area contributed by atoms with Crippen LogP contribution in [0.25, 0.3) is 0 Å². The molecule has 0 aliphatic carbocycles. The van der Waals surface area contributed by atoms with Crippen LogP contribution in [-0.4, -0.2) is 49.0 Å².